The van der Waals surface area contributed by atoms with Crippen LogP contribution in [0.2, 0.25) is 0 Å². The summed E-state index contributed by atoms with van der Waals surface area (Å²) < 4.78 is 0. The third-order valence-electron chi connectivity index (χ3n) is 2.61. The number of aliphatic carboxylic acids is 1. The Morgan fingerprint density at radius 1 is 1.39 bits per heavy atom. The zero-order valence-electron chi connectivity index (χ0n) is 11.5. The van der Waals surface area contributed by atoms with Gasteiger partial charge < -0.3 is 15.3 Å². The van der Waals surface area contributed by atoms with E-state index in [2.05, 4.69) is 11.9 Å². The van der Waals surface area contributed by atoms with Crippen LogP contribution in [0.4, 0.5) is 4.79 Å². The minimum Gasteiger partial charge on any atom is -0.481 e. The van der Waals surface area contributed by atoms with Gasteiger partial charge in [0.1, 0.15) is 0 Å². The number of hydrogen-bond donors (Lipinski definition) is 2. The molecule has 0 fully saturated rings. The molecule has 0 aromatic heterocycles. The summed E-state index contributed by atoms with van der Waals surface area (Å²) in [5, 5.41) is 11.4. The summed E-state index contributed by atoms with van der Waals surface area (Å²) in [6.07, 6.45) is 3.06. The van der Waals surface area contributed by atoms with Crippen LogP contribution in [-0.4, -0.2) is 40.6 Å². The number of amides is 2. The number of carbonyl (C=O) groups excluding carboxylic acids is 1. The molecule has 2 N–H and O–H groups in total. The fourth-order valence-electron chi connectivity index (χ4n) is 1.59. The Kier molecular flexibility index (Phi) is 7.83. The quantitative estimate of drug-likeness (QED) is 0.654. The van der Waals surface area contributed by atoms with E-state index in [0.717, 1.165) is 0 Å². The Balaban J connectivity index is 4.10. The highest BCUT2D eigenvalue weighted by atomic mass is 16.4. The molecule has 0 aliphatic carbocycles. The van der Waals surface area contributed by atoms with Crippen molar-refractivity contribution < 1.29 is 14.7 Å². The average Bonchev–Trinajstić information content (AvgIpc) is 2.24. The molecule has 0 saturated heterocycles. The largest absolute Gasteiger partial charge is 0.481 e. The molecule has 0 aromatic carbocycles. The molecule has 1 atom stereocenters. The minimum absolute atomic E-state index is 0.0251. The van der Waals surface area contributed by atoms with Crippen LogP contribution in [0.1, 0.15) is 40.0 Å². The van der Waals surface area contributed by atoms with Gasteiger partial charge in [-0.2, -0.15) is 0 Å². The standard InChI is InChI=1S/C13H24N2O3/c1-5-9-15(10(2)3)13(18)14-11(4)7-6-8-12(16)17/h5,10-11H,1,6-9H2,2-4H3,(H,14,18)(H,16,17). The van der Waals surface area contributed by atoms with Crippen LogP contribution in [0.25, 0.3) is 0 Å². The van der Waals surface area contributed by atoms with Gasteiger partial charge >= 0.3 is 12.0 Å². The lowest BCUT2D eigenvalue weighted by atomic mass is 10.1. The molecule has 0 saturated carbocycles. The molecule has 0 aliphatic rings. The molecule has 0 aliphatic heterocycles. The normalized spacial score (nSPS) is 12.0. The zero-order chi connectivity index (χ0) is 14.1. The van der Waals surface area contributed by atoms with Gasteiger partial charge in [0.15, 0.2) is 0 Å². The van der Waals surface area contributed by atoms with E-state index in [4.69, 9.17) is 5.11 Å². The van der Waals surface area contributed by atoms with E-state index < -0.39 is 5.97 Å². The summed E-state index contributed by atoms with van der Waals surface area (Å²) in [5.74, 6) is -0.802. The fourth-order valence-corrected chi connectivity index (χ4v) is 1.59. The van der Waals surface area contributed by atoms with Crippen molar-refractivity contribution in [2.75, 3.05) is 6.54 Å². The Morgan fingerprint density at radius 2 is 2.00 bits per heavy atom. The smallest absolute Gasteiger partial charge is 0.318 e. The summed E-state index contributed by atoms with van der Waals surface area (Å²) in [7, 11) is 0. The maximum atomic E-state index is 11.9. The molecule has 0 heterocycles. The Bertz CT molecular complexity index is 290. The predicted molar refractivity (Wildman–Crippen MR) is 71.5 cm³/mol. The Labute approximate surface area is 109 Å². The molecule has 5 heteroatoms. The first-order valence-electron chi connectivity index (χ1n) is 6.28. The van der Waals surface area contributed by atoms with Crippen molar-refractivity contribution in [3.8, 4) is 0 Å². The van der Waals surface area contributed by atoms with Gasteiger partial charge in [-0.15, -0.1) is 6.58 Å². The molecule has 104 valence electrons. The molecule has 18 heavy (non-hydrogen) atoms. The number of hydrogen-bond acceptors (Lipinski definition) is 2. The summed E-state index contributed by atoms with van der Waals surface area (Å²) in [6.45, 7) is 9.90. The lowest BCUT2D eigenvalue weighted by molar-refractivity contribution is -0.137. The van der Waals surface area contributed by atoms with Gasteiger partial charge in [0.2, 0.25) is 0 Å². The van der Waals surface area contributed by atoms with Crippen LogP contribution in [0.15, 0.2) is 12.7 Å². The first-order valence-corrected chi connectivity index (χ1v) is 6.28. The number of carboxylic acids is 1. The number of rotatable bonds is 8. The third kappa shape index (κ3) is 6.93. The number of urea groups is 1. The van der Waals surface area contributed by atoms with Crippen molar-refractivity contribution in [2.24, 2.45) is 0 Å². The lowest BCUT2D eigenvalue weighted by Crippen LogP contribution is -2.47. The molecule has 5 nitrogen and oxygen atoms in total. The maximum absolute atomic E-state index is 11.9. The van der Waals surface area contributed by atoms with E-state index in [1.54, 1.807) is 11.0 Å². The second-order valence-electron chi connectivity index (χ2n) is 4.67. The van der Waals surface area contributed by atoms with Gasteiger partial charge in [-0.1, -0.05) is 6.08 Å². The molecule has 2 amide bonds. The molecule has 0 bridgehead atoms. The first kappa shape index (κ1) is 16.5. The maximum Gasteiger partial charge on any atom is 0.318 e. The third-order valence-corrected chi connectivity index (χ3v) is 2.61. The Morgan fingerprint density at radius 3 is 2.44 bits per heavy atom. The average molecular weight is 256 g/mol. The van der Waals surface area contributed by atoms with Crippen molar-refractivity contribution >= 4 is 12.0 Å². The van der Waals surface area contributed by atoms with E-state index >= 15 is 0 Å². The highest BCUT2D eigenvalue weighted by molar-refractivity contribution is 5.75. The van der Waals surface area contributed by atoms with E-state index in [1.165, 1.54) is 0 Å². The predicted octanol–water partition coefficient (Wildman–Crippen LogP) is 2.24. The van der Waals surface area contributed by atoms with E-state index in [0.29, 0.717) is 19.4 Å². The van der Waals surface area contributed by atoms with Crippen molar-refractivity contribution in [1.82, 2.24) is 10.2 Å². The van der Waals surface area contributed by atoms with Gasteiger partial charge in [-0.05, 0) is 33.6 Å². The SMILES string of the molecule is C=CCN(C(=O)NC(C)CCCC(=O)O)C(C)C. The molecule has 0 spiro atoms. The molecule has 1 unspecified atom stereocenters. The number of carbonyl (C=O) groups is 2. The molecule has 0 rings (SSSR count). The molecule has 0 radical (unpaired) electrons. The van der Waals surface area contributed by atoms with Crippen LogP contribution in [0.3, 0.4) is 0 Å². The second kappa shape index (κ2) is 8.55. The summed E-state index contributed by atoms with van der Waals surface area (Å²) in [4.78, 5) is 24.0. The van der Waals surface area contributed by atoms with Crippen LogP contribution in [0.5, 0.6) is 0 Å². The van der Waals surface area contributed by atoms with E-state index in [1.807, 2.05) is 20.8 Å². The zero-order valence-corrected chi connectivity index (χ0v) is 11.5. The second-order valence-corrected chi connectivity index (χ2v) is 4.67. The van der Waals surface area contributed by atoms with Crippen LogP contribution in [-0.2, 0) is 4.79 Å². The van der Waals surface area contributed by atoms with Crippen LogP contribution in [0, 0.1) is 0 Å². The summed E-state index contributed by atoms with van der Waals surface area (Å²) in [5.41, 5.74) is 0. The number of nitrogens with one attached hydrogen (secondary N) is 1. The van der Waals surface area contributed by atoms with Crippen molar-refractivity contribution in [3.63, 3.8) is 0 Å². The highest BCUT2D eigenvalue weighted by Gasteiger charge is 2.17. The van der Waals surface area contributed by atoms with E-state index in [9.17, 15) is 9.59 Å². The topological polar surface area (TPSA) is 69.6 Å². The minimum atomic E-state index is -0.802. The lowest BCUT2D eigenvalue weighted by Gasteiger charge is -2.27. The van der Waals surface area contributed by atoms with Crippen molar-refractivity contribution in [2.45, 2.75) is 52.1 Å². The first-order chi connectivity index (χ1) is 8.38. The summed E-state index contributed by atoms with van der Waals surface area (Å²) >= 11 is 0. The van der Waals surface area contributed by atoms with E-state index in [-0.39, 0.29) is 24.5 Å². The van der Waals surface area contributed by atoms with Gasteiger partial charge in [0.25, 0.3) is 0 Å². The van der Waals surface area contributed by atoms with Crippen molar-refractivity contribution in [3.05, 3.63) is 12.7 Å². The molecular weight excluding hydrogens is 232 g/mol. The van der Waals surface area contributed by atoms with Crippen LogP contribution < -0.4 is 5.32 Å². The number of carboxylic acid groups (broad SMARTS) is 1. The van der Waals surface area contributed by atoms with Crippen LogP contribution >= 0.6 is 0 Å². The highest BCUT2D eigenvalue weighted by Crippen LogP contribution is 2.04. The van der Waals surface area contributed by atoms with Gasteiger partial charge in [-0.25, -0.2) is 4.79 Å². The Hall–Kier alpha value is -1.52. The monoisotopic (exact) mass is 256 g/mol. The van der Waals surface area contributed by atoms with Crippen molar-refractivity contribution in [1.29, 1.82) is 0 Å². The number of nitrogens with zero attached hydrogens (tertiary/aromatic N) is 1. The molecular formula is C13H24N2O3. The van der Waals surface area contributed by atoms with Gasteiger partial charge in [0.05, 0.1) is 0 Å². The molecule has 0 aromatic rings. The van der Waals surface area contributed by atoms with Gasteiger partial charge in [0, 0.05) is 25.0 Å². The summed E-state index contributed by atoms with van der Waals surface area (Å²) in [6, 6.07) is -0.0511. The van der Waals surface area contributed by atoms with Gasteiger partial charge in [-0.3, -0.25) is 4.79 Å². The fraction of sp³-hybridized carbons (Fsp3) is 0.692.